The lowest BCUT2D eigenvalue weighted by atomic mass is 10.0. The molecule has 0 aromatic carbocycles. The van der Waals surface area contributed by atoms with E-state index in [0.717, 1.165) is 31.4 Å². The van der Waals surface area contributed by atoms with Crippen LogP contribution in [0.4, 0.5) is 11.4 Å². The van der Waals surface area contributed by atoms with E-state index in [0.29, 0.717) is 43.0 Å². The van der Waals surface area contributed by atoms with Crippen LogP contribution in [0, 0.1) is 0 Å². The van der Waals surface area contributed by atoms with Crippen LogP contribution in [0.3, 0.4) is 0 Å². The van der Waals surface area contributed by atoms with Gasteiger partial charge in [0.2, 0.25) is 11.8 Å². The molecule has 2 N–H and O–H groups in total. The number of pyridine rings is 1. The second kappa shape index (κ2) is 9.78. The molecule has 1 atom stereocenters. The molecule has 10 heteroatoms. The topological polar surface area (TPSA) is 115 Å². The molecular weight excluding hydrogens is 426 g/mol. The lowest BCUT2D eigenvalue weighted by Gasteiger charge is -2.32. The van der Waals surface area contributed by atoms with Gasteiger partial charge in [0.1, 0.15) is 5.65 Å². The summed E-state index contributed by atoms with van der Waals surface area (Å²) >= 11 is 0. The van der Waals surface area contributed by atoms with Crippen molar-refractivity contribution < 1.29 is 23.9 Å². The van der Waals surface area contributed by atoms with Gasteiger partial charge >= 0.3 is 5.97 Å². The zero-order valence-electron chi connectivity index (χ0n) is 19.3. The average molecular weight is 458 g/mol. The monoisotopic (exact) mass is 457 g/mol. The highest BCUT2D eigenvalue weighted by atomic mass is 16.5. The van der Waals surface area contributed by atoms with Crippen LogP contribution in [-0.4, -0.2) is 71.2 Å². The van der Waals surface area contributed by atoms with E-state index in [-0.39, 0.29) is 29.7 Å². The summed E-state index contributed by atoms with van der Waals surface area (Å²) in [5.74, 6) is -0.730. The molecule has 0 saturated carbocycles. The highest BCUT2D eigenvalue weighted by Gasteiger charge is 2.29. The van der Waals surface area contributed by atoms with E-state index in [9.17, 15) is 14.4 Å². The van der Waals surface area contributed by atoms with Crippen LogP contribution in [-0.2, 0) is 25.6 Å². The maximum Gasteiger partial charge on any atom is 0.356 e. The number of rotatable bonds is 6. The molecule has 2 aliphatic heterocycles. The second-order valence-electron chi connectivity index (χ2n) is 8.66. The van der Waals surface area contributed by atoms with Crippen LogP contribution in [0.2, 0.25) is 0 Å². The van der Waals surface area contributed by atoms with Crippen LogP contribution in [0.5, 0.6) is 0 Å². The van der Waals surface area contributed by atoms with Crippen molar-refractivity contribution in [3.8, 4) is 0 Å². The minimum absolute atomic E-state index is 0.0275. The van der Waals surface area contributed by atoms with Gasteiger partial charge < -0.3 is 29.6 Å². The molecule has 2 aromatic rings. The fourth-order valence-corrected chi connectivity index (χ4v) is 4.66. The van der Waals surface area contributed by atoms with Crippen LogP contribution in [0.25, 0.3) is 11.0 Å². The largest absolute Gasteiger partial charge is 0.464 e. The van der Waals surface area contributed by atoms with E-state index < -0.39 is 5.97 Å². The smallest absolute Gasteiger partial charge is 0.356 e. The molecule has 0 radical (unpaired) electrons. The Labute approximate surface area is 192 Å². The summed E-state index contributed by atoms with van der Waals surface area (Å²) in [5.41, 5.74) is 2.04. The highest BCUT2D eigenvalue weighted by molar-refractivity contribution is 6.11. The quantitative estimate of drug-likeness (QED) is 0.640. The molecule has 2 saturated heterocycles. The van der Waals surface area contributed by atoms with Crippen molar-refractivity contribution in [1.29, 1.82) is 0 Å². The standard InChI is InChI=1S/C23H31N5O5/c1-14(29)25-20-19-11-17(26-16-6-8-27(9-7-16)15(2)30)12-24-22(19)28(21(20)23(31)32-3)13-18-5-4-10-33-18/h11-12,16,18,26H,4-10,13H2,1-3H3,(H,25,29)/t18-/m0/s1. The van der Waals surface area contributed by atoms with Gasteiger partial charge in [-0.3, -0.25) is 9.59 Å². The van der Waals surface area contributed by atoms with Crippen LogP contribution < -0.4 is 10.6 Å². The van der Waals surface area contributed by atoms with Gasteiger partial charge in [0.25, 0.3) is 0 Å². The summed E-state index contributed by atoms with van der Waals surface area (Å²) in [6, 6.07) is 2.11. The van der Waals surface area contributed by atoms with E-state index in [1.54, 1.807) is 17.7 Å². The van der Waals surface area contributed by atoms with Gasteiger partial charge in [0, 0.05) is 45.0 Å². The van der Waals surface area contributed by atoms with Crippen molar-refractivity contribution in [3.05, 3.63) is 18.0 Å². The number of fused-ring (bicyclic) bond motifs is 1. The predicted octanol–water partition coefficient (Wildman–Crippen LogP) is 2.38. The van der Waals surface area contributed by atoms with Crippen molar-refractivity contribution in [3.63, 3.8) is 0 Å². The Kier molecular flexibility index (Phi) is 6.83. The number of hydrogen-bond donors (Lipinski definition) is 2. The van der Waals surface area contributed by atoms with Crippen molar-refractivity contribution >= 4 is 40.2 Å². The van der Waals surface area contributed by atoms with Gasteiger partial charge in [0.15, 0.2) is 5.69 Å². The van der Waals surface area contributed by atoms with E-state index in [2.05, 4.69) is 15.6 Å². The normalized spacial score (nSPS) is 19.0. The first-order chi connectivity index (χ1) is 15.9. The number of amides is 2. The molecule has 2 aliphatic rings. The average Bonchev–Trinajstić information content (AvgIpc) is 3.40. The van der Waals surface area contributed by atoms with Gasteiger partial charge in [-0.1, -0.05) is 0 Å². The second-order valence-corrected chi connectivity index (χ2v) is 8.66. The Morgan fingerprint density at radius 3 is 2.58 bits per heavy atom. The van der Waals surface area contributed by atoms with Gasteiger partial charge in [-0.25, -0.2) is 9.78 Å². The molecule has 10 nitrogen and oxygen atoms in total. The summed E-state index contributed by atoms with van der Waals surface area (Å²) in [4.78, 5) is 42.8. The van der Waals surface area contributed by atoms with Crippen molar-refractivity contribution in [2.24, 2.45) is 0 Å². The Hall–Kier alpha value is -3.14. The molecule has 0 aliphatic carbocycles. The zero-order chi connectivity index (χ0) is 23.5. The number of hydrogen-bond acceptors (Lipinski definition) is 7. The number of likely N-dealkylation sites (tertiary alicyclic amines) is 1. The maximum atomic E-state index is 12.8. The van der Waals surface area contributed by atoms with Crippen molar-refractivity contribution in [2.45, 2.75) is 58.2 Å². The van der Waals surface area contributed by atoms with Gasteiger partial charge in [-0.05, 0) is 31.7 Å². The molecular formula is C23H31N5O5. The number of esters is 1. The first-order valence-corrected chi connectivity index (χ1v) is 11.4. The summed E-state index contributed by atoms with van der Waals surface area (Å²) in [6.45, 7) is 5.57. The number of ether oxygens (including phenoxy) is 2. The van der Waals surface area contributed by atoms with Crippen LogP contribution >= 0.6 is 0 Å². The van der Waals surface area contributed by atoms with E-state index in [4.69, 9.17) is 9.47 Å². The summed E-state index contributed by atoms with van der Waals surface area (Å²) < 4.78 is 12.6. The zero-order valence-corrected chi connectivity index (χ0v) is 19.3. The van der Waals surface area contributed by atoms with E-state index in [1.807, 2.05) is 11.0 Å². The van der Waals surface area contributed by atoms with Crippen molar-refractivity contribution in [2.75, 3.05) is 37.4 Å². The summed E-state index contributed by atoms with van der Waals surface area (Å²) in [7, 11) is 1.32. The SMILES string of the molecule is COC(=O)c1c(NC(C)=O)c2cc(NC3CCN(C(C)=O)CC3)cnc2n1C[C@@H]1CCCO1. The molecule has 0 bridgehead atoms. The summed E-state index contributed by atoms with van der Waals surface area (Å²) in [5, 5.41) is 6.97. The van der Waals surface area contributed by atoms with E-state index in [1.165, 1.54) is 14.0 Å². The Morgan fingerprint density at radius 2 is 1.97 bits per heavy atom. The fraction of sp³-hybridized carbons (Fsp3) is 0.565. The third-order valence-corrected chi connectivity index (χ3v) is 6.30. The number of aromatic nitrogens is 2. The molecule has 4 rings (SSSR count). The van der Waals surface area contributed by atoms with Crippen LogP contribution in [0.1, 0.15) is 50.0 Å². The third kappa shape index (κ3) is 4.95. The van der Waals surface area contributed by atoms with Gasteiger partial charge in [-0.2, -0.15) is 0 Å². The molecule has 33 heavy (non-hydrogen) atoms. The van der Waals surface area contributed by atoms with Gasteiger partial charge in [0.05, 0.1) is 37.3 Å². The number of piperidine rings is 1. The number of anilines is 2. The lowest BCUT2D eigenvalue weighted by molar-refractivity contribution is -0.129. The third-order valence-electron chi connectivity index (χ3n) is 6.30. The minimum atomic E-state index is -0.541. The molecule has 2 aromatic heterocycles. The fourth-order valence-electron chi connectivity index (χ4n) is 4.66. The van der Waals surface area contributed by atoms with E-state index >= 15 is 0 Å². The number of nitrogens with zero attached hydrogens (tertiary/aromatic N) is 3. The minimum Gasteiger partial charge on any atom is -0.464 e. The van der Waals surface area contributed by atoms with Gasteiger partial charge in [-0.15, -0.1) is 0 Å². The number of carbonyl (C=O) groups is 3. The lowest BCUT2D eigenvalue weighted by Crippen LogP contribution is -2.41. The highest BCUT2D eigenvalue weighted by Crippen LogP contribution is 2.34. The number of carbonyl (C=O) groups excluding carboxylic acids is 3. The molecule has 4 heterocycles. The molecule has 2 fully saturated rings. The first kappa shape index (κ1) is 23.0. The van der Waals surface area contributed by atoms with Crippen molar-refractivity contribution in [1.82, 2.24) is 14.5 Å². The molecule has 2 amide bonds. The Balaban J connectivity index is 1.69. The predicted molar refractivity (Wildman–Crippen MR) is 123 cm³/mol. The molecule has 0 spiro atoms. The Morgan fingerprint density at radius 1 is 1.21 bits per heavy atom. The van der Waals surface area contributed by atoms with Crippen LogP contribution in [0.15, 0.2) is 12.3 Å². The molecule has 0 unspecified atom stereocenters. The molecule has 178 valence electrons. The number of nitrogens with one attached hydrogen (secondary N) is 2. The first-order valence-electron chi connectivity index (χ1n) is 11.4. The number of methoxy groups -OCH3 is 1. The maximum absolute atomic E-state index is 12.8. The Bertz CT molecular complexity index is 1050. The summed E-state index contributed by atoms with van der Waals surface area (Å²) in [6.07, 6.45) is 5.26.